The van der Waals surface area contributed by atoms with Crippen LogP contribution in [0.3, 0.4) is 0 Å². The lowest BCUT2D eigenvalue weighted by Crippen LogP contribution is -1.97. The second-order valence-electron chi connectivity index (χ2n) is 3.83. The molecule has 2 heterocycles. The van der Waals surface area contributed by atoms with E-state index in [1.54, 1.807) is 30.3 Å². The maximum Gasteiger partial charge on any atom is 0.264 e. The monoisotopic (exact) mass is 310 g/mol. The maximum atomic E-state index is 5.99. The van der Waals surface area contributed by atoms with Crippen molar-refractivity contribution in [1.29, 1.82) is 0 Å². The lowest BCUT2D eigenvalue weighted by Gasteiger charge is -2.06. The molecule has 0 radical (unpaired) electrons. The van der Waals surface area contributed by atoms with Crippen LogP contribution in [0, 0.1) is 0 Å². The predicted molar refractivity (Wildman–Crippen MR) is 72.8 cm³/mol. The Morgan fingerprint density at radius 1 is 1.10 bits per heavy atom. The molecule has 0 fully saturated rings. The van der Waals surface area contributed by atoms with Gasteiger partial charge in [0.2, 0.25) is 5.82 Å². The molecule has 2 aromatic heterocycles. The topological polar surface area (TPSA) is 61.3 Å². The lowest BCUT2D eigenvalue weighted by molar-refractivity contribution is 0.243. The Bertz CT molecular complexity index is 690. The molecule has 0 spiro atoms. The number of nitrogens with zero attached hydrogens (tertiary/aromatic N) is 2. The zero-order chi connectivity index (χ0) is 13.9. The van der Waals surface area contributed by atoms with Crippen molar-refractivity contribution < 1.29 is 13.7 Å². The van der Waals surface area contributed by atoms with Gasteiger partial charge in [-0.2, -0.15) is 4.98 Å². The van der Waals surface area contributed by atoms with Crippen molar-refractivity contribution in [3.63, 3.8) is 0 Å². The van der Waals surface area contributed by atoms with Crippen molar-refractivity contribution in [3.05, 3.63) is 52.5 Å². The molecular formula is C13H8Cl2N2O3. The first-order valence-electron chi connectivity index (χ1n) is 5.67. The summed E-state index contributed by atoms with van der Waals surface area (Å²) in [7, 11) is 0. The van der Waals surface area contributed by atoms with Crippen molar-refractivity contribution in [2.45, 2.75) is 6.61 Å². The molecule has 1 aromatic carbocycles. The lowest BCUT2D eigenvalue weighted by atomic mass is 10.3. The largest absolute Gasteiger partial charge is 0.481 e. The van der Waals surface area contributed by atoms with Gasteiger partial charge in [-0.25, -0.2) is 0 Å². The molecule has 20 heavy (non-hydrogen) atoms. The van der Waals surface area contributed by atoms with Crippen LogP contribution in [0.2, 0.25) is 10.0 Å². The van der Waals surface area contributed by atoms with Gasteiger partial charge < -0.3 is 13.7 Å². The van der Waals surface area contributed by atoms with Gasteiger partial charge in [-0.05, 0) is 24.3 Å². The van der Waals surface area contributed by atoms with Gasteiger partial charge in [0.05, 0.1) is 16.3 Å². The summed E-state index contributed by atoms with van der Waals surface area (Å²) in [6.45, 7) is 0.0666. The fraction of sp³-hybridized carbons (Fsp3) is 0.0769. The van der Waals surface area contributed by atoms with Gasteiger partial charge in [-0.3, -0.25) is 0 Å². The van der Waals surface area contributed by atoms with Gasteiger partial charge in [0.25, 0.3) is 5.89 Å². The maximum absolute atomic E-state index is 5.99. The normalized spacial score (nSPS) is 10.7. The number of benzene rings is 1. The molecular weight excluding hydrogens is 303 g/mol. The molecule has 0 atom stereocenters. The van der Waals surface area contributed by atoms with E-state index in [1.165, 1.54) is 6.26 Å². The van der Waals surface area contributed by atoms with E-state index in [2.05, 4.69) is 10.1 Å². The summed E-state index contributed by atoms with van der Waals surface area (Å²) < 4.78 is 15.7. The highest BCUT2D eigenvalue weighted by molar-refractivity contribution is 6.37. The summed E-state index contributed by atoms with van der Waals surface area (Å²) in [6.07, 6.45) is 1.53. The Morgan fingerprint density at radius 2 is 1.90 bits per heavy atom. The third-order valence-corrected chi connectivity index (χ3v) is 3.06. The van der Waals surface area contributed by atoms with E-state index < -0.39 is 0 Å². The molecule has 0 bridgehead atoms. The van der Waals surface area contributed by atoms with Crippen LogP contribution < -0.4 is 4.74 Å². The Balaban J connectivity index is 1.73. The SMILES string of the molecule is Clc1cccc(Cl)c1OCc1nc(-c2ccco2)no1. The smallest absolute Gasteiger partial charge is 0.264 e. The predicted octanol–water partition coefficient (Wildman–Crippen LogP) is 4.22. The standard InChI is InChI=1S/C13H8Cl2N2O3/c14-8-3-1-4-9(15)12(8)19-7-11-16-13(17-20-11)10-5-2-6-18-10/h1-6H,7H2. The van der Waals surface area contributed by atoms with Gasteiger partial charge in [0.1, 0.15) is 0 Å². The third kappa shape index (κ3) is 2.64. The number of aromatic nitrogens is 2. The van der Waals surface area contributed by atoms with E-state index in [0.29, 0.717) is 33.3 Å². The summed E-state index contributed by atoms with van der Waals surface area (Å²) >= 11 is 12.0. The molecule has 102 valence electrons. The van der Waals surface area contributed by atoms with Crippen molar-refractivity contribution in [2.24, 2.45) is 0 Å². The highest BCUT2D eigenvalue weighted by Crippen LogP contribution is 2.32. The van der Waals surface area contributed by atoms with E-state index in [9.17, 15) is 0 Å². The van der Waals surface area contributed by atoms with Crippen LogP contribution in [-0.2, 0) is 6.61 Å². The average molecular weight is 311 g/mol. The Hall–Kier alpha value is -1.98. The van der Waals surface area contributed by atoms with Crippen molar-refractivity contribution >= 4 is 23.2 Å². The van der Waals surface area contributed by atoms with Crippen LogP contribution >= 0.6 is 23.2 Å². The first-order chi connectivity index (χ1) is 9.74. The second-order valence-corrected chi connectivity index (χ2v) is 4.64. The number of hydrogen-bond donors (Lipinski definition) is 0. The number of hydrogen-bond acceptors (Lipinski definition) is 5. The van der Waals surface area contributed by atoms with E-state index in [0.717, 1.165) is 0 Å². The number of furan rings is 1. The number of para-hydroxylation sites is 1. The molecule has 0 saturated heterocycles. The molecule has 0 aliphatic carbocycles. The summed E-state index contributed by atoms with van der Waals surface area (Å²) in [4.78, 5) is 4.14. The van der Waals surface area contributed by atoms with Crippen LogP contribution in [0.4, 0.5) is 0 Å². The molecule has 0 amide bonds. The Kier molecular flexibility index (Phi) is 3.62. The molecule has 3 aromatic rings. The number of rotatable bonds is 4. The highest BCUT2D eigenvalue weighted by Gasteiger charge is 2.13. The van der Waals surface area contributed by atoms with Gasteiger partial charge >= 0.3 is 0 Å². The van der Waals surface area contributed by atoms with Crippen LogP contribution in [0.5, 0.6) is 5.75 Å². The minimum absolute atomic E-state index is 0.0666. The van der Waals surface area contributed by atoms with E-state index in [4.69, 9.17) is 36.9 Å². The Labute approximate surface area is 124 Å². The van der Waals surface area contributed by atoms with Gasteiger partial charge in [-0.15, -0.1) is 0 Å². The van der Waals surface area contributed by atoms with Crippen LogP contribution in [0.25, 0.3) is 11.6 Å². The molecule has 0 unspecified atom stereocenters. The van der Waals surface area contributed by atoms with E-state index in [-0.39, 0.29) is 6.61 Å². The highest BCUT2D eigenvalue weighted by atomic mass is 35.5. The Morgan fingerprint density at radius 3 is 2.60 bits per heavy atom. The molecule has 0 aliphatic heterocycles. The first kappa shape index (κ1) is 13.0. The minimum Gasteiger partial charge on any atom is -0.481 e. The molecule has 3 rings (SSSR count). The molecule has 7 heteroatoms. The second kappa shape index (κ2) is 5.56. The van der Waals surface area contributed by atoms with Crippen LogP contribution in [0.15, 0.2) is 45.5 Å². The summed E-state index contributed by atoms with van der Waals surface area (Å²) in [5, 5.41) is 4.63. The summed E-state index contributed by atoms with van der Waals surface area (Å²) in [6, 6.07) is 8.58. The van der Waals surface area contributed by atoms with Crippen molar-refractivity contribution in [1.82, 2.24) is 10.1 Å². The third-order valence-electron chi connectivity index (χ3n) is 2.47. The first-order valence-corrected chi connectivity index (χ1v) is 6.43. The van der Waals surface area contributed by atoms with Gasteiger partial charge in [-0.1, -0.05) is 34.4 Å². The number of ether oxygens (including phenoxy) is 1. The molecule has 5 nitrogen and oxygen atoms in total. The van der Waals surface area contributed by atoms with Crippen LogP contribution in [0.1, 0.15) is 5.89 Å². The zero-order valence-electron chi connectivity index (χ0n) is 10.0. The molecule has 0 aliphatic rings. The fourth-order valence-electron chi connectivity index (χ4n) is 1.57. The van der Waals surface area contributed by atoms with E-state index in [1.807, 2.05) is 0 Å². The molecule has 0 N–H and O–H groups in total. The molecule has 0 saturated carbocycles. The van der Waals surface area contributed by atoms with Crippen molar-refractivity contribution in [3.8, 4) is 17.3 Å². The number of halogens is 2. The van der Waals surface area contributed by atoms with Crippen molar-refractivity contribution in [2.75, 3.05) is 0 Å². The summed E-state index contributed by atoms with van der Waals surface area (Å²) in [5.74, 6) is 1.57. The van der Waals surface area contributed by atoms with Crippen LogP contribution in [-0.4, -0.2) is 10.1 Å². The fourth-order valence-corrected chi connectivity index (χ4v) is 2.08. The quantitative estimate of drug-likeness (QED) is 0.722. The minimum atomic E-state index is 0.0666. The van der Waals surface area contributed by atoms with Gasteiger partial charge in [0.15, 0.2) is 18.1 Å². The average Bonchev–Trinajstić information content (AvgIpc) is 3.09. The van der Waals surface area contributed by atoms with Gasteiger partial charge in [0, 0.05) is 0 Å². The summed E-state index contributed by atoms with van der Waals surface area (Å²) in [5.41, 5.74) is 0. The zero-order valence-corrected chi connectivity index (χ0v) is 11.6. The van der Waals surface area contributed by atoms with E-state index >= 15 is 0 Å².